The molecule has 0 aliphatic heterocycles. The molecule has 0 aliphatic carbocycles. The summed E-state index contributed by atoms with van der Waals surface area (Å²) in [5.41, 5.74) is 2.98. The van der Waals surface area contributed by atoms with E-state index in [0.29, 0.717) is 17.1 Å². The standard InChI is InChI=1S/C11H15N3O3/c1-8(13-15)7-11(14-16)12-9-5-3-4-6-10(9)17-2/h3-6,15-16H,7H2,1-2H3,(H,12,14). The van der Waals surface area contributed by atoms with Crippen molar-refractivity contribution >= 4 is 17.2 Å². The smallest absolute Gasteiger partial charge is 0.144 e. The summed E-state index contributed by atoms with van der Waals surface area (Å²) in [5, 5.41) is 20.5. The van der Waals surface area contributed by atoms with Crippen LogP contribution < -0.4 is 10.2 Å². The summed E-state index contributed by atoms with van der Waals surface area (Å²) in [6.45, 7) is 1.62. The number of ether oxygens (including phenoxy) is 1. The van der Waals surface area contributed by atoms with Gasteiger partial charge in [-0.15, -0.1) is 0 Å². The third kappa shape index (κ3) is 3.76. The summed E-state index contributed by atoms with van der Waals surface area (Å²) in [7, 11) is 1.54. The summed E-state index contributed by atoms with van der Waals surface area (Å²) in [6.07, 6.45) is 0.213. The molecule has 0 fully saturated rings. The summed E-state index contributed by atoms with van der Waals surface area (Å²) >= 11 is 0. The van der Waals surface area contributed by atoms with Crippen LogP contribution in [0.2, 0.25) is 0 Å². The van der Waals surface area contributed by atoms with Crippen molar-refractivity contribution in [2.45, 2.75) is 13.3 Å². The van der Waals surface area contributed by atoms with Crippen LogP contribution in [0.5, 0.6) is 5.75 Å². The Morgan fingerprint density at radius 2 is 2.12 bits per heavy atom. The largest absolute Gasteiger partial charge is 0.494 e. The van der Waals surface area contributed by atoms with Crippen LogP contribution in [0.3, 0.4) is 0 Å². The van der Waals surface area contributed by atoms with E-state index in [9.17, 15) is 0 Å². The maximum atomic E-state index is 8.94. The highest BCUT2D eigenvalue weighted by Gasteiger charge is 2.04. The van der Waals surface area contributed by atoms with Crippen LogP contribution in [0.1, 0.15) is 13.3 Å². The van der Waals surface area contributed by atoms with Crippen molar-refractivity contribution in [2.75, 3.05) is 7.11 Å². The Hall–Kier alpha value is -2.08. The third-order valence-electron chi connectivity index (χ3n) is 2.06. The number of hydroxylamine groups is 1. The lowest BCUT2D eigenvalue weighted by Crippen LogP contribution is -2.21. The molecule has 1 aromatic carbocycles. The minimum atomic E-state index is 0.213. The fourth-order valence-corrected chi connectivity index (χ4v) is 1.25. The average Bonchev–Trinajstić information content (AvgIpc) is 2.38. The van der Waals surface area contributed by atoms with Crippen LogP contribution in [0.4, 0.5) is 5.69 Å². The normalized spacial score (nSPS) is 12.4. The Morgan fingerprint density at radius 3 is 2.71 bits per heavy atom. The first kappa shape index (κ1) is 13.0. The minimum Gasteiger partial charge on any atom is -0.494 e. The van der Waals surface area contributed by atoms with Crippen molar-refractivity contribution in [3.05, 3.63) is 24.3 Å². The number of nitrogens with zero attached hydrogens (tertiary/aromatic N) is 2. The first-order chi connectivity index (χ1) is 8.21. The molecule has 92 valence electrons. The van der Waals surface area contributed by atoms with Gasteiger partial charge in [-0.25, -0.2) is 4.99 Å². The molecule has 0 unspecified atom stereocenters. The molecular weight excluding hydrogens is 222 g/mol. The van der Waals surface area contributed by atoms with E-state index in [1.54, 1.807) is 26.2 Å². The van der Waals surface area contributed by atoms with E-state index < -0.39 is 0 Å². The highest BCUT2D eigenvalue weighted by molar-refractivity contribution is 6.02. The van der Waals surface area contributed by atoms with Crippen molar-refractivity contribution in [1.82, 2.24) is 5.48 Å². The molecule has 0 atom stereocenters. The topological polar surface area (TPSA) is 86.4 Å². The Balaban J connectivity index is 2.97. The van der Waals surface area contributed by atoms with Crippen molar-refractivity contribution in [1.29, 1.82) is 0 Å². The van der Waals surface area contributed by atoms with Crippen molar-refractivity contribution < 1.29 is 15.2 Å². The molecular formula is C11H15N3O3. The molecule has 1 aromatic rings. The van der Waals surface area contributed by atoms with Crippen LogP contribution in [-0.4, -0.2) is 29.1 Å². The van der Waals surface area contributed by atoms with Crippen LogP contribution in [0.25, 0.3) is 0 Å². The van der Waals surface area contributed by atoms with Gasteiger partial charge in [0.05, 0.1) is 12.8 Å². The molecule has 0 bridgehead atoms. The molecule has 0 saturated carbocycles. The van der Waals surface area contributed by atoms with Gasteiger partial charge in [0, 0.05) is 6.42 Å². The van der Waals surface area contributed by atoms with Crippen LogP contribution in [0.15, 0.2) is 34.4 Å². The zero-order valence-corrected chi connectivity index (χ0v) is 9.71. The Bertz CT molecular complexity index is 430. The number of hydrogen-bond acceptors (Lipinski definition) is 5. The SMILES string of the molecule is COc1ccccc1N=C(CC(C)=NO)NO. The van der Waals surface area contributed by atoms with Gasteiger partial charge in [0.1, 0.15) is 17.3 Å². The van der Waals surface area contributed by atoms with Gasteiger partial charge in [0.15, 0.2) is 0 Å². The second kappa shape index (κ2) is 6.49. The molecule has 1 rings (SSSR count). The number of para-hydroxylation sites is 2. The molecule has 3 N–H and O–H groups in total. The van der Waals surface area contributed by atoms with E-state index in [1.165, 1.54) is 0 Å². The first-order valence-corrected chi connectivity index (χ1v) is 4.99. The fourth-order valence-electron chi connectivity index (χ4n) is 1.25. The minimum absolute atomic E-state index is 0.213. The number of hydrogen-bond donors (Lipinski definition) is 3. The lowest BCUT2D eigenvalue weighted by Gasteiger charge is -2.06. The number of oxime groups is 1. The average molecular weight is 237 g/mol. The second-order valence-electron chi connectivity index (χ2n) is 3.35. The third-order valence-corrected chi connectivity index (χ3v) is 2.06. The molecule has 0 saturated heterocycles. The van der Waals surface area contributed by atoms with Crippen LogP contribution in [0, 0.1) is 0 Å². The molecule has 0 spiro atoms. The highest BCUT2D eigenvalue weighted by atomic mass is 16.5. The predicted molar refractivity (Wildman–Crippen MR) is 64.5 cm³/mol. The number of nitrogens with one attached hydrogen (secondary N) is 1. The van der Waals surface area contributed by atoms with Crippen molar-refractivity contribution in [3.8, 4) is 5.75 Å². The molecule has 17 heavy (non-hydrogen) atoms. The summed E-state index contributed by atoms with van der Waals surface area (Å²) in [5.74, 6) is 0.864. The molecule has 0 aliphatic rings. The lowest BCUT2D eigenvalue weighted by molar-refractivity contribution is 0.233. The molecule has 0 radical (unpaired) electrons. The maximum absolute atomic E-state index is 8.94. The van der Waals surface area contributed by atoms with Gasteiger partial charge in [0.2, 0.25) is 0 Å². The van der Waals surface area contributed by atoms with Gasteiger partial charge in [-0.1, -0.05) is 17.3 Å². The van der Waals surface area contributed by atoms with Gasteiger partial charge in [-0.05, 0) is 19.1 Å². The number of methoxy groups -OCH3 is 1. The van der Waals surface area contributed by atoms with Gasteiger partial charge >= 0.3 is 0 Å². The first-order valence-electron chi connectivity index (χ1n) is 4.99. The number of rotatable bonds is 4. The van der Waals surface area contributed by atoms with Gasteiger partial charge in [0.25, 0.3) is 0 Å². The number of amidine groups is 1. The van der Waals surface area contributed by atoms with Gasteiger partial charge in [-0.2, -0.15) is 0 Å². The lowest BCUT2D eigenvalue weighted by atomic mass is 10.2. The van der Waals surface area contributed by atoms with Crippen LogP contribution in [-0.2, 0) is 0 Å². The molecule has 6 nitrogen and oxygen atoms in total. The summed E-state index contributed by atoms with van der Waals surface area (Å²) < 4.78 is 5.13. The number of benzene rings is 1. The molecule has 6 heteroatoms. The Labute approximate surface area is 99.2 Å². The van der Waals surface area contributed by atoms with E-state index in [-0.39, 0.29) is 12.3 Å². The second-order valence-corrected chi connectivity index (χ2v) is 3.35. The Morgan fingerprint density at radius 1 is 1.41 bits per heavy atom. The molecule has 0 aromatic heterocycles. The van der Waals surface area contributed by atoms with Crippen molar-refractivity contribution in [2.24, 2.45) is 10.1 Å². The monoisotopic (exact) mass is 237 g/mol. The van der Waals surface area contributed by atoms with Crippen molar-refractivity contribution in [3.63, 3.8) is 0 Å². The zero-order valence-electron chi connectivity index (χ0n) is 9.71. The van der Waals surface area contributed by atoms with Gasteiger partial charge in [-0.3, -0.25) is 10.7 Å². The van der Waals surface area contributed by atoms with Crippen LogP contribution >= 0.6 is 0 Å². The quantitative estimate of drug-likeness (QED) is 0.323. The predicted octanol–water partition coefficient (Wildman–Crippen LogP) is 1.94. The highest BCUT2D eigenvalue weighted by Crippen LogP contribution is 2.26. The van der Waals surface area contributed by atoms with E-state index in [2.05, 4.69) is 10.1 Å². The van der Waals surface area contributed by atoms with E-state index in [1.807, 2.05) is 17.6 Å². The fraction of sp³-hybridized carbons (Fsp3) is 0.273. The number of aliphatic imine (C=N–C) groups is 1. The summed E-state index contributed by atoms with van der Waals surface area (Å²) in [4.78, 5) is 4.17. The molecule has 0 heterocycles. The zero-order chi connectivity index (χ0) is 12.7. The Kier molecular flexibility index (Phi) is 4.96. The van der Waals surface area contributed by atoms with Gasteiger partial charge < -0.3 is 9.94 Å². The maximum Gasteiger partial charge on any atom is 0.144 e. The molecule has 0 amide bonds. The van der Waals surface area contributed by atoms with E-state index >= 15 is 0 Å². The van der Waals surface area contributed by atoms with E-state index in [0.717, 1.165) is 0 Å². The van der Waals surface area contributed by atoms with E-state index in [4.69, 9.17) is 15.2 Å². The summed E-state index contributed by atoms with van der Waals surface area (Å²) in [6, 6.07) is 7.15.